The van der Waals surface area contributed by atoms with Crippen LogP contribution < -0.4 is 5.73 Å². The standard InChI is InChI=1S/C9H12N2O4S.3H3O4P/c1-3-6(12)7(13)8(15-3)5-2-4(9(10)14)11-16-5;3*1-5(2,3)4/h2-3,6-8,12-13H,1H3,(H2,10,14);3*(H3,1,2,3,4)/t3-,6-,7-,8+;;;/m1.../s1. The quantitative estimate of drug-likeness (QED) is 0.163. The largest absolute Gasteiger partial charge is 0.466 e. The van der Waals surface area contributed by atoms with Gasteiger partial charge in [-0.1, -0.05) is 0 Å². The van der Waals surface area contributed by atoms with Crippen LogP contribution >= 0.6 is 35.0 Å². The van der Waals surface area contributed by atoms with Crippen molar-refractivity contribution in [1.82, 2.24) is 4.37 Å². The number of nitrogens with zero attached hydrogens (tertiary/aromatic N) is 1. The fourth-order valence-electron chi connectivity index (χ4n) is 1.62. The maximum atomic E-state index is 10.9. The van der Waals surface area contributed by atoms with Crippen LogP contribution in [0.3, 0.4) is 0 Å². The van der Waals surface area contributed by atoms with Crippen molar-refractivity contribution < 1.29 is 77.5 Å². The Morgan fingerprint density at radius 3 is 1.52 bits per heavy atom. The molecule has 1 aromatic heterocycles. The van der Waals surface area contributed by atoms with Gasteiger partial charge in [-0.2, -0.15) is 4.37 Å². The molecule has 184 valence electrons. The third-order valence-electron chi connectivity index (χ3n) is 2.56. The highest BCUT2D eigenvalue weighted by Crippen LogP contribution is 2.35. The Kier molecular flexibility index (Phi) is 13.8. The topological polar surface area (TPSA) is 339 Å². The van der Waals surface area contributed by atoms with Gasteiger partial charge in [0.25, 0.3) is 5.91 Å². The van der Waals surface area contributed by atoms with Crippen molar-refractivity contribution >= 4 is 40.9 Å². The summed E-state index contributed by atoms with van der Waals surface area (Å²) in [5, 5.41) is 19.2. The first-order valence-electron chi connectivity index (χ1n) is 7.13. The molecular weight excluding hydrogens is 517 g/mol. The van der Waals surface area contributed by atoms with Crippen molar-refractivity contribution in [2.45, 2.75) is 31.3 Å². The molecule has 1 saturated heterocycles. The van der Waals surface area contributed by atoms with Crippen LogP contribution in [0.4, 0.5) is 0 Å². The van der Waals surface area contributed by atoms with Crippen LogP contribution in [0.2, 0.25) is 0 Å². The third kappa shape index (κ3) is 20.9. The normalized spacial score (nSPS) is 23.4. The number of rotatable bonds is 2. The summed E-state index contributed by atoms with van der Waals surface area (Å²) in [5.41, 5.74) is 5.21. The van der Waals surface area contributed by atoms with Crippen LogP contribution in [0.15, 0.2) is 6.07 Å². The lowest BCUT2D eigenvalue weighted by Crippen LogP contribution is -2.28. The summed E-state index contributed by atoms with van der Waals surface area (Å²) in [4.78, 5) is 76.1. The van der Waals surface area contributed by atoms with Crippen molar-refractivity contribution in [2.75, 3.05) is 0 Å². The number of aliphatic hydroxyl groups is 2. The number of carbonyl (C=O) groups excluding carboxylic acids is 1. The predicted octanol–water partition coefficient (Wildman–Crippen LogP) is -3.36. The molecule has 0 saturated carbocycles. The fraction of sp³-hybridized carbons (Fsp3) is 0.556. The van der Waals surface area contributed by atoms with Crippen LogP contribution in [0, 0.1) is 0 Å². The molecule has 1 fully saturated rings. The van der Waals surface area contributed by atoms with Crippen molar-refractivity contribution in [1.29, 1.82) is 0 Å². The van der Waals surface area contributed by atoms with Gasteiger partial charge in [0.05, 0.1) is 11.0 Å². The summed E-state index contributed by atoms with van der Waals surface area (Å²) in [6, 6.07) is 1.48. The molecule has 1 aromatic rings. The molecule has 4 atom stereocenters. The second-order valence-electron chi connectivity index (χ2n) is 5.26. The molecular formula is C9H21N2O16P3S. The Hall–Kier alpha value is -0.690. The molecule has 1 aliphatic heterocycles. The molecule has 2 rings (SSSR count). The Bertz CT molecular complexity index is 758. The van der Waals surface area contributed by atoms with Crippen LogP contribution in [-0.4, -0.2) is 82.8 Å². The first kappa shape index (κ1) is 32.5. The lowest BCUT2D eigenvalue weighted by Gasteiger charge is -2.11. The smallest absolute Gasteiger partial charge is 0.388 e. The summed E-state index contributed by atoms with van der Waals surface area (Å²) in [6.07, 6.45) is -3.02. The minimum atomic E-state index is -4.64. The zero-order valence-corrected chi connectivity index (χ0v) is 18.6. The SMILES string of the molecule is C[C@H]1O[C@@H](c2cc(C(N)=O)ns2)[C@H](O)[C@@H]1O.O=P(O)(O)O.O=P(O)(O)O.O=P(O)(O)O. The first-order valence-corrected chi connectivity index (χ1v) is 12.6. The molecule has 0 unspecified atom stereocenters. The number of phosphoric acid groups is 3. The maximum Gasteiger partial charge on any atom is 0.466 e. The molecule has 2 heterocycles. The average Bonchev–Trinajstić information content (AvgIpc) is 3.03. The van der Waals surface area contributed by atoms with E-state index in [1.165, 1.54) is 6.07 Å². The van der Waals surface area contributed by atoms with E-state index < -0.39 is 53.8 Å². The van der Waals surface area contributed by atoms with Crippen LogP contribution in [0.1, 0.15) is 28.4 Å². The Morgan fingerprint density at radius 2 is 1.29 bits per heavy atom. The van der Waals surface area contributed by atoms with Crippen molar-refractivity contribution in [3.63, 3.8) is 0 Å². The highest BCUT2D eigenvalue weighted by Gasteiger charge is 2.42. The zero-order valence-electron chi connectivity index (χ0n) is 15.1. The van der Waals surface area contributed by atoms with E-state index in [9.17, 15) is 15.0 Å². The Labute approximate surface area is 177 Å². The molecule has 0 bridgehead atoms. The second-order valence-corrected chi connectivity index (χ2v) is 9.18. The highest BCUT2D eigenvalue weighted by atomic mass is 32.1. The van der Waals surface area contributed by atoms with Gasteiger partial charge in [0.15, 0.2) is 0 Å². The monoisotopic (exact) mass is 538 g/mol. The number of carbonyl (C=O) groups is 1. The van der Waals surface area contributed by atoms with Gasteiger partial charge < -0.3 is 64.7 Å². The molecule has 22 heteroatoms. The van der Waals surface area contributed by atoms with E-state index in [-0.39, 0.29) is 5.69 Å². The zero-order chi connectivity index (χ0) is 25.4. The van der Waals surface area contributed by atoms with Crippen molar-refractivity contribution in [3.05, 3.63) is 16.6 Å². The number of hydrogen-bond donors (Lipinski definition) is 12. The van der Waals surface area contributed by atoms with Gasteiger partial charge >= 0.3 is 23.5 Å². The molecule has 13 N–H and O–H groups in total. The Balaban J connectivity index is 0. The average molecular weight is 538 g/mol. The van der Waals surface area contributed by atoms with Gasteiger partial charge in [-0.3, -0.25) is 4.79 Å². The number of primary amides is 1. The lowest BCUT2D eigenvalue weighted by molar-refractivity contribution is 0.0174. The Morgan fingerprint density at radius 1 is 0.935 bits per heavy atom. The molecule has 0 radical (unpaired) electrons. The summed E-state index contributed by atoms with van der Waals surface area (Å²) in [7, 11) is -13.9. The molecule has 31 heavy (non-hydrogen) atoms. The van der Waals surface area contributed by atoms with E-state index in [1.54, 1.807) is 6.92 Å². The third-order valence-corrected chi connectivity index (χ3v) is 3.41. The number of aliphatic hydroxyl groups excluding tert-OH is 2. The highest BCUT2D eigenvalue weighted by molar-refractivity contribution is 7.45. The van der Waals surface area contributed by atoms with E-state index in [1.807, 2.05) is 0 Å². The minimum absolute atomic E-state index is 0.143. The van der Waals surface area contributed by atoms with Crippen molar-refractivity contribution in [3.8, 4) is 0 Å². The van der Waals surface area contributed by atoms with Gasteiger partial charge in [-0.15, -0.1) is 0 Å². The van der Waals surface area contributed by atoms with Crippen LogP contribution in [-0.2, 0) is 18.4 Å². The van der Waals surface area contributed by atoms with Crippen LogP contribution in [0.5, 0.6) is 0 Å². The molecule has 1 aliphatic rings. The van der Waals surface area contributed by atoms with Gasteiger partial charge in [-0.25, -0.2) is 13.7 Å². The molecule has 1 amide bonds. The summed E-state index contributed by atoms with van der Waals surface area (Å²) in [6.45, 7) is 1.67. The van der Waals surface area contributed by atoms with Gasteiger partial charge in [0, 0.05) is 0 Å². The molecule has 0 aromatic carbocycles. The van der Waals surface area contributed by atoms with Crippen molar-refractivity contribution in [2.24, 2.45) is 5.73 Å². The summed E-state index contributed by atoms with van der Waals surface area (Å²) >= 11 is 1.04. The number of ether oxygens (including phenoxy) is 1. The minimum Gasteiger partial charge on any atom is -0.388 e. The van der Waals surface area contributed by atoms with Gasteiger partial charge in [-0.05, 0) is 24.5 Å². The maximum absolute atomic E-state index is 10.9. The number of hydrogen-bond acceptors (Lipinski definition) is 9. The molecule has 0 spiro atoms. The van der Waals surface area contributed by atoms with Gasteiger partial charge in [0.1, 0.15) is 24.0 Å². The van der Waals surface area contributed by atoms with E-state index in [4.69, 9.17) is 68.2 Å². The number of nitrogens with two attached hydrogens (primary N) is 1. The van der Waals surface area contributed by atoms with Gasteiger partial charge in [0.2, 0.25) is 0 Å². The first-order chi connectivity index (χ1) is 13.5. The molecule has 18 nitrogen and oxygen atoms in total. The van der Waals surface area contributed by atoms with E-state index in [0.29, 0.717) is 4.88 Å². The lowest BCUT2D eigenvalue weighted by atomic mass is 10.1. The fourth-order valence-corrected chi connectivity index (χ4v) is 2.43. The van der Waals surface area contributed by atoms with E-state index in [0.717, 1.165) is 11.5 Å². The van der Waals surface area contributed by atoms with E-state index >= 15 is 0 Å². The molecule has 0 aliphatic carbocycles. The summed E-state index contributed by atoms with van der Waals surface area (Å²) in [5.74, 6) is -0.622. The van der Waals surface area contributed by atoms with E-state index in [2.05, 4.69) is 4.37 Å². The second kappa shape index (κ2) is 13.1. The predicted molar refractivity (Wildman–Crippen MR) is 98.7 cm³/mol. The van der Waals surface area contributed by atoms with Crippen LogP contribution in [0.25, 0.3) is 0 Å². The number of aromatic nitrogens is 1. The number of amides is 1. The summed E-state index contributed by atoms with van der Waals surface area (Å²) < 4.78 is 35.9.